The summed E-state index contributed by atoms with van der Waals surface area (Å²) in [5, 5.41) is 5.55. The number of likely N-dealkylation sites (N-methyl/N-ethyl adjacent to an activating group) is 1. The molecular formula is C14H21NOS. The highest BCUT2D eigenvalue weighted by atomic mass is 32.1. The van der Waals surface area contributed by atoms with Gasteiger partial charge < -0.3 is 10.1 Å². The fourth-order valence-electron chi connectivity index (χ4n) is 2.48. The Morgan fingerprint density at radius 3 is 3.00 bits per heavy atom. The van der Waals surface area contributed by atoms with E-state index >= 15 is 0 Å². The highest BCUT2D eigenvalue weighted by molar-refractivity contribution is 7.10. The second kappa shape index (κ2) is 6.22. The third-order valence-corrected chi connectivity index (χ3v) is 4.34. The van der Waals surface area contributed by atoms with Crippen molar-refractivity contribution in [2.24, 2.45) is 0 Å². The molecule has 0 aromatic carbocycles. The molecule has 1 heterocycles. The maximum absolute atomic E-state index is 5.43. The van der Waals surface area contributed by atoms with Gasteiger partial charge in [-0.05, 0) is 44.2 Å². The maximum Gasteiger partial charge on any atom is 0.134 e. The first-order chi connectivity index (χ1) is 8.36. The van der Waals surface area contributed by atoms with E-state index in [2.05, 4.69) is 22.8 Å². The molecule has 1 atom stereocenters. The molecule has 0 spiro atoms. The molecule has 2 nitrogen and oxygen atoms in total. The van der Waals surface area contributed by atoms with Crippen molar-refractivity contribution in [1.29, 1.82) is 0 Å². The fraction of sp³-hybridized carbons (Fsp3) is 0.571. The van der Waals surface area contributed by atoms with Crippen LogP contribution in [0, 0.1) is 0 Å². The molecule has 0 radical (unpaired) electrons. The smallest absolute Gasteiger partial charge is 0.134 e. The molecule has 1 aliphatic rings. The summed E-state index contributed by atoms with van der Waals surface area (Å²) in [7, 11) is 3.79. The van der Waals surface area contributed by atoms with Crippen LogP contribution in [0.1, 0.15) is 43.0 Å². The minimum atomic E-state index is 0.336. The summed E-state index contributed by atoms with van der Waals surface area (Å²) in [5.41, 5.74) is 1.53. The zero-order valence-electron chi connectivity index (χ0n) is 10.7. The van der Waals surface area contributed by atoms with Crippen LogP contribution in [0.3, 0.4) is 0 Å². The molecular weight excluding hydrogens is 230 g/mol. The van der Waals surface area contributed by atoms with Gasteiger partial charge in [0.1, 0.15) is 5.75 Å². The summed E-state index contributed by atoms with van der Waals surface area (Å²) < 4.78 is 5.43. The van der Waals surface area contributed by atoms with Crippen molar-refractivity contribution in [3.63, 3.8) is 0 Å². The average molecular weight is 251 g/mol. The zero-order chi connectivity index (χ0) is 12.1. The minimum Gasteiger partial charge on any atom is -0.496 e. The lowest BCUT2D eigenvalue weighted by atomic mass is 10.0. The van der Waals surface area contributed by atoms with E-state index in [1.54, 1.807) is 18.4 Å². The lowest BCUT2D eigenvalue weighted by molar-refractivity contribution is 0.408. The summed E-state index contributed by atoms with van der Waals surface area (Å²) in [5.74, 6) is 1.01. The Morgan fingerprint density at radius 2 is 2.24 bits per heavy atom. The van der Waals surface area contributed by atoms with Gasteiger partial charge in [0.05, 0.1) is 18.0 Å². The van der Waals surface area contributed by atoms with E-state index in [-0.39, 0.29) is 0 Å². The van der Waals surface area contributed by atoms with Gasteiger partial charge in [-0.3, -0.25) is 0 Å². The molecule has 2 rings (SSSR count). The molecule has 0 fully saturated rings. The van der Waals surface area contributed by atoms with Crippen molar-refractivity contribution < 1.29 is 4.74 Å². The number of hydrogen-bond donors (Lipinski definition) is 1. The molecule has 94 valence electrons. The van der Waals surface area contributed by atoms with Crippen LogP contribution in [0.15, 0.2) is 23.1 Å². The van der Waals surface area contributed by atoms with Gasteiger partial charge in [0, 0.05) is 0 Å². The Hall–Kier alpha value is -0.800. The van der Waals surface area contributed by atoms with E-state index in [1.807, 2.05) is 7.05 Å². The van der Waals surface area contributed by atoms with E-state index in [1.165, 1.54) is 42.6 Å². The monoisotopic (exact) mass is 251 g/mol. The number of nitrogens with one attached hydrogen (secondary N) is 1. The highest BCUT2D eigenvalue weighted by Gasteiger charge is 2.20. The first kappa shape index (κ1) is 12.7. The van der Waals surface area contributed by atoms with Crippen molar-refractivity contribution in [2.75, 3.05) is 14.2 Å². The summed E-state index contributed by atoms with van der Waals surface area (Å²) in [6.07, 6.45) is 8.87. The van der Waals surface area contributed by atoms with Crippen LogP contribution in [-0.2, 0) is 0 Å². The predicted octanol–water partition coefficient (Wildman–Crippen LogP) is 3.91. The van der Waals surface area contributed by atoms with Crippen molar-refractivity contribution in [3.8, 4) is 5.75 Å². The van der Waals surface area contributed by atoms with E-state index < -0.39 is 0 Å². The lowest BCUT2D eigenvalue weighted by Gasteiger charge is -2.19. The second-order valence-electron chi connectivity index (χ2n) is 4.45. The number of allylic oxidation sites excluding steroid dienone is 1. The Labute approximate surface area is 108 Å². The third-order valence-electron chi connectivity index (χ3n) is 3.37. The topological polar surface area (TPSA) is 21.3 Å². The van der Waals surface area contributed by atoms with Crippen LogP contribution < -0.4 is 10.1 Å². The second-order valence-corrected chi connectivity index (χ2v) is 5.40. The van der Waals surface area contributed by atoms with E-state index in [4.69, 9.17) is 4.74 Å². The molecule has 1 unspecified atom stereocenters. The normalized spacial score (nSPS) is 18.4. The SMILES string of the molecule is CNC(C1=CCCCCC1)c1sccc1OC. The highest BCUT2D eigenvalue weighted by Crippen LogP contribution is 2.37. The first-order valence-corrected chi connectivity index (χ1v) is 7.22. The van der Waals surface area contributed by atoms with Crippen LogP contribution in [0.4, 0.5) is 0 Å². The van der Waals surface area contributed by atoms with Crippen LogP contribution in [0.2, 0.25) is 0 Å². The van der Waals surface area contributed by atoms with Crippen LogP contribution in [0.5, 0.6) is 5.75 Å². The van der Waals surface area contributed by atoms with E-state index in [9.17, 15) is 0 Å². The van der Waals surface area contributed by atoms with Crippen LogP contribution in [-0.4, -0.2) is 14.2 Å². The van der Waals surface area contributed by atoms with E-state index in [0.717, 1.165) is 5.75 Å². The van der Waals surface area contributed by atoms with Gasteiger partial charge in [0.25, 0.3) is 0 Å². The molecule has 3 heteroatoms. The van der Waals surface area contributed by atoms with Crippen LogP contribution >= 0.6 is 11.3 Å². The van der Waals surface area contributed by atoms with Crippen LogP contribution in [0.25, 0.3) is 0 Å². The molecule has 0 saturated carbocycles. The van der Waals surface area contributed by atoms with Gasteiger partial charge in [0.2, 0.25) is 0 Å². The molecule has 1 aliphatic carbocycles. The maximum atomic E-state index is 5.43. The quantitative estimate of drug-likeness (QED) is 0.819. The largest absolute Gasteiger partial charge is 0.496 e. The van der Waals surface area contributed by atoms with Gasteiger partial charge in [-0.2, -0.15) is 0 Å². The molecule has 1 N–H and O–H groups in total. The molecule has 17 heavy (non-hydrogen) atoms. The molecule has 0 aliphatic heterocycles. The molecule has 0 amide bonds. The Kier molecular flexibility index (Phi) is 4.63. The standard InChI is InChI=1S/C14H21NOS/c1-15-13(11-7-5-3-4-6-8-11)14-12(16-2)9-10-17-14/h7,9-10,13,15H,3-6,8H2,1-2H3. The van der Waals surface area contributed by atoms with Gasteiger partial charge in [-0.15, -0.1) is 11.3 Å². The summed E-state index contributed by atoms with van der Waals surface area (Å²) in [4.78, 5) is 1.31. The first-order valence-electron chi connectivity index (χ1n) is 6.34. The molecule has 0 bridgehead atoms. The molecule has 1 aromatic rings. The Bertz CT molecular complexity index is 383. The predicted molar refractivity (Wildman–Crippen MR) is 73.8 cm³/mol. The van der Waals surface area contributed by atoms with Crippen molar-refractivity contribution in [1.82, 2.24) is 5.32 Å². The number of thiophene rings is 1. The van der Waals surface area contributed by atoms with Gasteiger partial charge in [-0.1, -0.05) is 18.1 Å². The van der Waals surface area contributed by atoms with Gasteiger partial charge >= 0.3 is 0 Å². The zero-order valence-corrected chi connectivity index (χ0v) is 11.5. The summed E-state index contributed by atoms with van der Waals surface area (Å²) >= 11 is 1.78. The number of rotatable bonds is 4. The van der Waals surface area contributed by atoms with Gasteiger partial charge in [-0.25, -0.2) is 0 Å². The third kappa shape index (κ3) is 2.90. The van der Waals surface area contributed by atoms with Crippen molar-refractivity contribution >= 4 is 11.3 Å². The minimum absolute atomic E-state index is 0.336. The van der Waals surface area contributed by atoms with Crippen molar-refractivity contribution in [3.05, 3.63) is 28.0 Å². The van der Waals surface area contributed by atoms with Crippen molar-refractivity contribution in [2.45, 2.75) is 38.1 Å². The molecule has 1 aromatic heterocycles. The summed E-state index contributed by atoms with van der Waals surface area (Å²) in [6, 6.07) is 2.39. The number of methoxy groups -OCH3 is 1. The van der Waals surface area contributed by atoms with E-state index in [0.29, 0.717) is 6.04 Å². The lowest BCUT2D eigenvalue weighted by Crippen LogP contribution is -2.18. The number of ether oxygens (including phenoxy) is 1. The molecule has 0 saturated heterocycles. The van der Waals surface area contributed by atoms with Gasteiger partial charge in [0.15, 0.2) is 0 Å². The average Bonchev–Trinajstić information content (AvgIpc) is 2.65. The summed E-state index contributed by atoms with van der Waals surface area (Å²) in [6.45, 7) is 0. The number of hydrogen-bond acceptors (Lipinski definition) is 3. The Balaban J connectivity index is 2.23. The Morgan fingerprint density at radius 1 is 1.35 bits per heavy atom. The fourth-order valence-corrected chi connectivity index (χ4v) is 3.49.